The Kier molecular flexibility index (Phi) is 8.99. The van der Waals surface area contributed by atoms with E-state index < -0.39 is 35.8 Å². The van der Waals surface area contributed by atoms with E-state index in [1.165, 1.54) is 0 Å². The quantitative estimate of drug-likeness (QED) is 0.252. The molecule has 0 spiro atoms. The second-order valence-corrected chi connectivity index (χ2v) is 17.8. The first-order chi connectivity index (χ1) is 26.7. The molecule has 6 aliphatic rings. The maximum atomic E-state index is 17.7. The third-order valence-electron chi connectivity index (χ3n) is 12.5. The Labute approximate surface area is 326 Å². The number of carbonyl (C=O) groups excluding carboxylic acids is 1. The van der Waals surface area contributed by atoms with Crippen LogP contribution in [0.4, 0.5) is 25.5 Å². The zero-order chi connectivity index (χ0) is 39.3. The Morgan fingerprint density at radius 2 is 1.84 bits per heavy atom. The molecule has 2 amide bonds. The fourth-order valence-corrected chi connectivity index (χ4v) is 9.61. The number of carbonyl (C=O) groups is 2. The molecule has 3 saturated heterocycles. The first kappa shape index (κ1) is 37.1. The Hall–Kier alpha value is -4.50. The molecule has 5 fully saturated rings. The normalized spacial score (nSPS) is 25.3. The van der Waals surface area contributed by atoms with E-state index in [1.807, 2.05) is 26.8 Å². The highest BCUT2D eigenvalue weighted by atomic mass is 19.1. The van der Waals surface area contributed by atoms with E-state index in [9.17, 15) is 14.7 Å². The van der Waals surface area contributed by atoms with Gasteiger partial charge in [-0.1, -0.05) is 0 Å². The van der Waals surface area contributed by atoms with Gasteiger partial charge in [0.2, 0.25) is 5.88 Å². The van der Waals surface area contributed by atoms with Crippen molar-refractivity contribution in [2.45, 2.75) is 116 Å². The van der Waals surface area contributed by atoms with Crippen LogP contribution in [0, 0.1) is 25.1 Å². The van der Waals surface area contributed by atoms with Crippen LogP contribution in [0.25, 0.3) is 22.2 Å². The van der Waals surface area contributed by atoms with Crippen molar-refractivity contribution in [3.05, 3.63) is 28.6 Å². The molecule has 9 rings (SSSR count). The summed E-state index contributed by atoms with van der Waals surface area (Å²) < 4.78 is 42.1. The average molecular weight is 774 g/mol. The van der Waals surface area contributed by atoms with Crippen LogP contribution >= 0.6 is 0 Å². The Balaban J connectivity index is 1.18. The maximum Gasteiger partial charge on any atom is 0.412 e. The smallest absolute Gasteiger partial charge is 0.412 e. The molecular weight excluding hydrogens is 721 g/mol. The largest absolute Gasteiger partial charge is 0.472 e. The number of hydrogen-bond donors (Lipinski definition) is 2. The fraction of sp³-hybridized carbons (Fsp3) is 0.634. The number of hydrogen-bond acceptors (Lipinski definition) is 11. The number of nitrogens with one attached hydrogen (secondary N) is 1. The van der Waals surface area contributed by atoms with Gasteiger partial charge in [0, 0.05) is 42.8 Å². The summed E-state index contributed by atoms with van der Waals surface area (Å²) in [7, 11) is 0. The minimum absolute atomic E-state index is 0.0354. The van der Waals surface area contributed by atoms with E-state index in [2.05, 4.69) is 15.1 Å². The van der Waals surface area contributed by atoms with Crippen molar-refractivity contribution in [1.82, 2.24) is 24.8 Å². The van der Waals surface area contributed by atoms with E-state index in [0.717, 1.165) is 56.4 Å². The molecule has 0 radical (unpaired) electrons. The molecule has 4 aliphatic heterocycles. The number of nitrogens with zero attached hydrogens (tertiary/aromatic N) is 6. The number of piperazine rings is 1. The standard InChI is InChI=1S/C41H52FN7O7/c1-21-17-26(43-38(50)56-40(4,5)6)22(2)29(28(21)24-7-8-24)32-31(42)33-30-35(46-37(45-33)54-20-41(11-12-41)19-47-13-15-53-16-14-47)48-18-25-9-10-27(49(25)39(51)52)34(48)23(3)55-36(30)44-32/h17,23-25,27,34H,7-16,18-20H2,1-6H3,(H,43,50)(H,51,52). The molecule has 15 heteroatoms. The van der Waals surface area contributed by atoms with Gasteiger partial charge in [0.05, 0.1) is 37.9 Å². The zero-order valence-corrected chi connectivity index (χ0v) is 33.1. The molecule has 14 nitrogen and oxygen atoms in total. The van der Waals surface area contributed by atoms with Gasteiger partial charge in [-0.3, -0.25) is 15.1 Å². The molecule has 2 bridgehead atoms. The molecule has 2 saturated carbocycles. The predicted molar refractivity (Wildman–Crippen MR) is 206 cm³/mol. The number of ether oxygens (including phenoxy) is 4. The first-order valence-corrected chi connectivity index (χ1v) is 20.1. The zero-order valence-electron chi connectivity index (χ0n) is 33.1. The van der Waals surface area contributed by atoms with Gasteiger partial charge in [0.15, 0.2) is 5.82 Å². The van der Waals surface area contributed by atoms with E-state index in [-0.39, 0.29) is 46.5 Å². The molecule has 3 aromatic rings. The second kappa shape index (κ2) is 13.6. The summed E-state index contributed by atoms with van der Waals surface area (Å²) in [6, 6.07) is 0.990. The highest BCUT2D eigenvalue weighted by Crippen LogP contribution is 2.52. The molecule has 4 unspecified atom stereocenters. The summed E-state index contributed by atoms with van der Waals surface area (Å²) in [5.74, 6) is 0.214. The lowest BCUT2D eigenvalue weighted by Crippen LogP contribution is -2.64. The lowest BCUT2D eigenvalue weighted by molar-refractivity contribution is 0.0231. The number of fused-ring (bicyclic) bond motifs is 5. The van der Waals surface area contributed by atoms with Crippen LogP contribution in [0.2, 0.25) is 0 Å². The third kappa shape index (κ3) is 6.63. The van der Waals surface area contributed by atoms with Crippen LogP contribution in [-0.4, -0.2) is 118 Å². The van der Waals surface area contributed by atoms with Crippen LogP contribution in [0.15, 0.2) is 6.07 Å². The highest BCUT2D eigenvalue weighted by Gasteiger charge is 2.53. The average Bonchev–Trinajstić information content (AvgIpc) is 4.08. The Morgan fingerprint density at radius 1 is 1.09 bits per heavy atom. The van der Waals surface area contributed by atoms with E-state index in [1.54, 1.807) is 25.7 Å². The minimum atomic E-state index is -0.956. The van der Waals surface area contributed by atoms with Gasteiger partial charge in [0.1, 0.15) is 34.1 Å². The van der Waals surface area contributed by atoms with Crippen molar-refractivity contribution in [2.75, 3.05) is 56.2 Å². The van der Waals surface area contributed by atoms with Crippen LogP contribution in [-0.2, 0) is 9.47 Å². The van der Waals surface area contributed by atoms with Crippen molar-refractivity contribution in [3.8, 4) is 23.1 Å². The van der Waals surface area contributed by atoms with Gasteiger partial charge in [-0.15, -0.1) is 0 Å². The number of carboxylic acid groups (broad SMARTS) is 1. The number of aromatic nitrogens is 3. The van der Waals surface area contributed by atoms with Gasteiger partial charge >= 0.3 is 18.2 Å². The topological polar surface area (TPSA) is 152 Å². The van der Waals surface area contributed by atoms with E-state index in [4.69, 9.17) is 33.9 Å². The molecule has 1 aromatic carbocycles. The summed E-state index contributed by atoms with van der Waals surface area (Å²) in [6.07, 6.45) is 3.25. The molecule has 2 N–H and O–H groups in total. The van der Waals surface area contributed by atoms with Crippen molar-refractivity contribution in [1.29, 1.82) is 0 Å². The monoisotopic (exact) mass is 773 g/mol. The molecule has 2 aromatic heterocycles. The third-order valence-corrected chi connectivity index (χ3v) is 12.5. The van der Waals surface area contributed by atoms with Gasteiger partial charge in [0.25, 0.3) is 0 Å². The van der Waals surface area contributed by atoms with Crippen LogP contribution < -0.4 is 19.7 Å². The van der Waals surface area contributed by atoms with Crippen molar-refractivity contribution < 1.29 is 38.0 Å². The number of pyridine rings is 1. The van der Waals surface area contributed by atoms with E-state index in [0.29, 0.717) is 67.2 Å². The van der Waals surface area contributed by atoms with Crippen molar-refractivity contribution in [2.24, 2.45) is 5.41 Å². The number of benzene rings is 1. The molecule has 300 valence electrons. The van der Waals surface area contributed by atoms with Gasteiger partial charge < -0.3 is 29.0 Å². The Bertz CT molecular complexity index is 2090. The van der Waals surface area contributed by atoms with Crippen LogP contribution in [0.3, 0.4) is 0 Å². The molecular formula is C41H52FN7O7. The minimum Gasteiger partial charge on any atom is -0.472 e. The van der Waals surface area contributed by atoms with Crippen LogP contribution in [0.1, 0.15) is 88.8 Å². The summed E-state index contributed by atoms with van der Waals surface area (Å²) in [6.45, 7) is 16.0. The van der Waals surface area contributed by atoms with Crippen molar-refractivity contribution in [3.63, 3.8) is 0 Å². The lowest BCUT2D eigenvalue weighted by Gasteiger charge is -2.47. The molecule has 2 aliphatic carbocycles. The van der Waals surface area contributed by atoms with Gasteiger partial charge in [-0.05, 0) is 109 Å². The summed E-state index contributed by atoms with van der Waals surface area (Å²) in [5, 5.41) is 13.5. The second-order valence-electron chi connectivity index (χ2n) is 17.8. The summed E-state index contributed by atoms with van der Waals surface area (Å²) in [4.78, 5) is 46.5. The SMILES string of the molecule is Cc1cc(NC(=O)OC(C)(C)C)c(C)c(-c2nc3c4c(nc(OCC5(CN6CCOCC6)CC5)nc4c2F)N2CC4CCC(C2C(C)O3)N4C(=O)O)c1C1CC1. The number of aryl methyl sites for hydroxylation is 1. The molecule has 56 heavy (non-hydrogen) atoms. The highest BCUT2D eigenvalue weighted by molar-refractivity contribution is 5.98. The number of amides is 2. The van der Waals surface area contributed by atoms with Gasteiger partial charge in [-0.2, -0.15) is 9.97 Å². The number of halogens is 1. The predicted octanol–water partition coefficient (Wildman–Crippen LogP) is 6.64. The van der Waals surface area contributed by atoms with Crippen LogP contribution in [0.5, 0.6) is 11.9 Å². The number of rotatable bonds is 8. The van der Waals surface area contributed by atoms with E-state index >= 15 is 4.39 Å². The summed E-state index contributed by atoms with van der Waals surface area (Å²) in [5.41, 5.74) is 2.99. The van der Waals surface area contributed by atoms with Crippen molar-refractivity contribution >= 4 is 34.6 Å². The maximum absolute atomic E-state index is 17.7. The molecule has 6 heterocycles. The van der Waals surface area contributed by atoms with Gasteiger partial charge in [-0.25, -0.2) is 19.0 Å². The number of anilines is 2. The Morgan fingerprint density at radius 3 is 2.52 bits per heavy atom. The molecule has 4 atom stereocenters. The number of morpholine rings is 1. The lowest BCUT2D eigenvalue weighted by atomic mass is 9.89. The first-order valence-electron chi connectivity index (χ1n) is 20.1. The fourth-order valence-electron chi connectivity index (χ4n) is 9.61. The summed E-state index contributed by atoms with van der Waals surface area (Å²) >= 11 is 0.